The average molecular weight is 305 g/mol. The van der Waals surface area contributed by atoms with Gasteiger partial charge in [-0.3, -0.25) is 4.79 Å². The van der Waals surface area contributed by atoms with Crippen molar-refractivity contribution in [3.8, 4) is 0 Å². The van der Waals surface area contributed by atoms with Gasteiger partial charge in [0, 0.05) is 27.6 Å². The van der Waals surface area contributed by atoms with Crippen LogP contribution < -0.4 is 5.32 Å². The minimum Gasteiger partial charge on any atom is -0.359 e. The summed E-state index contributed by atoms with van der Waals surface area (Å²) in [6.45, 7) is 2.74. The minimum absolute atomic E-state index is 0.112. The molecule has 0 unspecified atom stereocenters. The highest BCUT2D eigenvalue weighted by atomic mass is 32.2. The van der Waals surface area contributed by atoms with Gasteiger partial charge in [-0.05, 0) is 44.8 Å². The third-order valence-corrected chi connectivity index (χ3v) is 5.81. The molecule has 1 amide bonds. The van der Waals surface area contributed by atoms with Crippen LogP contribution in [0, 0.1) is 5.92 Å². The lowest BCUT2D eigenvalue weighted by atomic mass is 9.93. The highest BCUT2D eigenvalue weighted by molar-refractivity contribution is 7.89. The molecule has 0 spiro atoms. The summed E-state index contributed by atoms with van der Waals surface area (Å²) in [6, 6.07) is 0. The van der Waals surface area contributed by atoms with E-state index in [9.17, 15) is 13.2 Å². The number of carbonyl (C=O) groups is 1. The van der Waals surface area contributed by atoms with E-state index in [1.165, 1.54) is 4.31 Å². The Morgan fingerprint density at radius 2 is 1.90 bits per heavy atom. The van der Waals surface area contributed by atoms with Crippen LogP contribution in [0.15, 0.2) is 0 Å². The zero-order chi connectivity index (χ0) is 15.2. The molecule has 0 saturated carbocycles. The van der Waals surface area contributed by atoms with Crippen LogP contribution in [0.3, 0.4) is 0 Å². The van der Waals surface area contributed by atoms with E-state index in [0.29, 0.717) is 18.8 Å². The van der Waals surface area contributed by atoms with E-state index in [4.69, 9.17) is 0 Å². The van der Waals surface area contributed by atoms with Gasteiger partial charge >= 0.3 is 0 Å². The molecule has 7 heteroatoms. The Kier molecular flexibility index (Phi) is 6.91. The first-order valence-electron chi connectivity index (χ1n) is 7.18. The van der Waals surface area contributed by atoms with Gasteiger partial charge < -0.3 is 10.2 Å². The third kappa shape index (κ3) is 5.76. The fourth-order valence-electron chi connectivity index (χ4n) is 2.43. The fraction of sp³-hybridized carbons (Fsp3) is 0.923. The van der Waals surface area contributed by atoms with Crippen LogP contribution in [0.4, 0.5) is 0 Å². The van der Waals surface area contributed by atoms with Crippen LogP contribution in [0.25, 0.3) is 0 Å². The molecule has 20 heavy (non-hydrogen) atoms. The second-order valence-electron chi connectivity index (χ2n) is 5.61. The molecule has 1 aliphatic heterocycles. The Labute approximate surface area is 122 Å². The van der Waals surface area contributed by atoms with Gasteiger partial charge in [0.2, 0.25) is 15.9 Å². The van der Waals surface area contributed by atoms with Crippen LogP contribution >= 0.6 is 0 Å². The van der Waals surface area contributed by atoms with Crippen molar-refractivity contribution in [2.24, 2.45) is 5.92 Å². The van der Waals surface area contributed by atoms with Crippen molar-refractivity contribution in [3.05, 3.63) is 0 Å². The quantitative estimate of drug-likeness (QED) is 0.725. The van der Waals surface area contributed by atoms with Gasteiger partial charge in [0.15, 0.2) is 0 Å². The van der Waals surface area contributed by atoms with Gasteiger partial charge in [0.25, 0.3) is 0 Å². The fourth-order valence-corrected chi connectivity index (χ4v) is 3.29. The van der Waals surface area contributed by atoms with Crippen molar-refractivity contribution in [1.82, 2.24) is 14.5 Å². The molecule has 0 atom stereocenters. The Balaban J connectivity index is 2.22. The van der Waals surface area contributed by atoms with Gasteiger partial charge in [-0.2, -0.15) is 0 Å². The number of sulfonamides is 1. The van der Waals surface area contributed by atoms with Crippen molar-refractivity contribution < 1.29 is 13.2 Å². The lowest BCUT2D eigenvalue weighted by Crippen LogP contribution is -2.37. The van der Waals surface area contributed by atoms with Crippen LogP contribution in [0.1, 0.15) is 25.7 Å². The Morgan fingerprint density at radius 1 is 1.30 bits per heavy atom. The number of amides is 1. The molecule has 0 radical (unpaired) electrons. The van der Waals surface area contributed by atoms with Crippen LogP contribution in [-0.4, -0.2) is 70.1 Å². The molecule has 0 aromatic carbocycles. The molecule has 0 aromatic rings. The van der Waals surface area contributed by atoms with Crippen molar-refractivity contribution in [2.75, 3.05) is 46.5 Å². The number of likely N-dealkylation sites (tertiary alicyclic amines) is 1. The molecule has 6 nitrogen and oxygen atoms in total. The molecule has 0 aliphatic carbocycles. The summed E-state index contributed by atoms with van der Waals surface area (Å²) in [5.74, 6) is 0.787. The van der Waals surface area contributed by atoms with Crippen LogP contribution in [0.2, 0.25) is 0 Å². The van der Waals surface area contributed by atoms with Crippen LogP contribution in [-0.2, 0) is 14.8 Å². The normalized spacial score (nSPS) is 18.4. The summed E-state index contributed by atoms with van der Waals surface area (Å²) in [6.07, 6.45) is 3.32. The molecular formula is C13H27N3O3S. The van der Waals surface area contributed by atoms with Gasteiger partial charge in [0.1, 0.15) is 0 Å². The highest BCUT2D eigenvalue weighted by Gasteiger charge is 2.21. The van der Waals surface area contributed by atoms with E-state index in [0.717, 1.165) is 32.5 Å². The number of nitrogens with zero attached hydrogens (tertiary/aromatic N) is 2. The first kappa shape index (κ1) is 17.4. The number of carbonyl (C=O) groups excluding carboxylic acids is 1. The molecule has 1 N–H and O–H groups in total. The summed E-state index contributed by atoms with van der Waals surface area (Å²) in [4.78, 5) is 13.6. The molecule has 1 aliphatic rings. The Morgan fingerprint density at radius 3 is 2.40 bits per heavy atom. The summed E-state index contributed by atoms with van der Waals surface area (Å²) in [7, 11) is 1.73. The van der Waals surface area contributed by atoms with Gasteiger partial charge in [0.05, 0.1) is 5.75 Å². The summed E-state index contributed by atoms with van der Waals surface area (Å²) in [5, 5.41) is 2.66. The second kappa shape index (κ2) is 7.95. The number of nitrogens with one attached hydrogen (secondary N) is 1. The van der Waals surface area contributed by atoms with Crippen LogP contribution in [0.5, 0.6) is 0 Å². The van der Waals surface area contributed by atoms with Crippen molar-refractivity contribution in [3.63, 3.8) is 0 Å². The first-order chi connectivity index (χ1) is 9.35. The van der Waals surface area contributed by atoms with Gasteiger partial charge in [-0.15, -0.1) is 0 Å². The standard InChI is InChI=1S/C13H27N3O3S/c1-14-13(17)11-12-5-8-16(9-6-12)7-4-10-20(18,19)15(2)3/h12H,4-11H2,1-3H3,(H,14,17). The largest absolute Gasteiger partial charge is 0.359 e. The highest BCUT2D eigenvalue weighted by Crippen LogP contribution is 2.20. The predicted molar refractivity (Wildman–Crippen MR) is 79.9 cm³/mol. The van der Waals surface area contributed by atoms with Crippen molar-refractivity contribution in [2.45, 2.75) is 25.7 Å². The molecule has 1 rings (SSSR count). The number of piperidine rings is 1. The maximum absolute atomic E-state index is 11.6. The summed E-state index contributed by atoms with van der Waals surface area (Å²) < 4.78 is 24.6. The third-order valence-electron chi connectivity index (χ3n) is 3.89. The second-order valence-corrected chi connectivity index (χ2v) is 7.92. The molecule has 1 heterocycles. The predicted octanol–water partition coefficient (Wildman–Crippen LogP) is 0.116. The van der Waals surface area contributed by atoms with Gasteiger partial charge in [-0.1, -0.05) is 0 Å². The molecule has 1 saturated heterocycles. The average Bonchev–Trinajstić information content (AvgIpc) is 2.40. The monoisotopic (exact) mass is 305 g/mol. The molecule has 0 aromatic heterocycles. The Hall–Kier alpha value is -0.660. The number of rotatable bonds is 7. The zero-order valence-corrected chi connectivity index (χ0v) is 13.6. The molecular weight excluding hydrogens is 278 g/mol. The maximum atomic E-state index is 11.6. The van der Waals surface area contributed by atoms with Crippen molar-refractivity contribution >= 4 is 15.9 Å². The maximum Gasteiger partial charge on any atom is 0.220 e. The van der Waals surface area contributed by atoms with E-state index < -0.39 is 10.0 Å². The van der Waals surface area contributed by atoms with E-state index >= 15 is 0 Å². The topological polar surface area (TPSA) is 69.7 Å². The minimum atomic E-state index is -3.08. The Bertz CT molecular complexity index is 401. The zero-order valence-electron chi connectivity index (χ0n) is 12.8. The SMILES string of the molecule is CNC(=O)CC1CCN(CCCS(=O)(=O)N(C)C)CC1. The van der Waals surface area contributed by atoms with E-state index in [1.807, 2.05) is 0 Å². The van der Waals surface area contributed by atoms with E-state index in [-0.39, 0.29) is 11.7 Å². The summed E-state index contributed by atoms with van der Waals surface area (Å²) >= 11 is 0. The first-order valence-corrected chi connectivity index (χ1v) is 8.79. The lowest BCUT2D eigenvalue weighted by molar-refractivity contribution is -0.121. The van der Waals surface area contributed by atoms with E-state index in [1.54, 1.807) is 21.1 Å². The smallest absolute Gasteiger partial charge is 0.220 e. The van der Waals surface area contributed by atoms with Crippen molar-refractivity contribution in [1.29, 1.82) is 0 Å². The number of hydrogen-bond acceptors (Lipinski definition) is 4. The molecule has 0 bridgehead atoms. The summed E-state index contributed by atoms with van der Waals surface area (Å²) in [5.41, 5.74) is 0. The number of hydrogen-bond donors (Lipinski definition) is 1. The molecule has 1 fully saturated rings. The lowest BCUT2D eigenvalue weighted by Gasteiger charge is -2.31. The van der Waals surface area contributed by atoms with Gasteiger partial charge in [-0.25, -0.2) is 12.7 Å². The van der Waals surface area contributed by atoms with E-state index in [2.05, 4.69) is 10.2 Å². The molecule has 118 valence electrons.